The molecule has 2 atom stereocenters. The number of hydrogen-bond acceptors (Lipinski definition) is 5. The van der Waals surface area contributed by atoms with Crippen molar-refractivity contribution in [3.8, 4) is 0 Å². The smallest absolute Gasteiger partial charge is 0.0615 e. The molecule has 4 N–H and O–H groups in total. The minimum atomic E-state index is -0.168. The first kappa shape index (κ1) is 19.8. The number of rotatable bonds is 12. The molecule has 0 heterocycles. The van der Waals surface area contributed by atoms with Gasteiger partial charge in [-0.25, -0.2) is 0 Å². The molecule has 122 valence electrons. The molecule has 0 amide bonds. The van der Waals surface area contributed by atoms with Gasteiger partial charge in [0.1, 0.15) is 0 Å². The highest BCUT2D eigenvalue weighted by Crippen LogP contribution is 2.19. The van der Waals surface area contributed by atoms with Crippen molar-refractivity contribution in [1.29, 1.82) is 0 Å². The fourth-order valence-corrected chi connectivity index (χ4v) is 1.65. The van der Waals surface area contributed by atoms with E-state index in [0.29, 0.717) is 39.0 Å². The predicted octanol–water partition coefficient (Wildman–Crippen LogP) is 1.39. The van der Waals surface area contributed by atoms with E-state index >= 15 is 0 Å². The molecule has 0 aliphatic rings. The second-order valence-electron chi connectivity index (χ2n) is 6.70. The van der Waals surface area contributed by atoms with Gasteiger partial charge in [-0.2, -0.15) is 0 Å². The third-order valence-corrected chi connectivity index (χ3v) is 2.56. The molecule has 0 saturated heterocycles. The number of ether oxygens (including phenoxy) is 3. The van der Waals surface area contributed by atoms with Crippen LogP contribution in [0.3, 0.4) is 0 Å². The molecule has 0 fully saturated rings. The van der Waals surface area contributed by atoms with Gasteiger partial charge in [-0.3, -0.25) is 0 Å². The SMILES string of the molecule is CC(C)COCC(C)(COCC(C)N)COCC(C)N. The molecule has 0 saturated carbocycles. The minimum absolute atomic E-state index is 0.0424. The van der Waals surface area contributed by atoms with E-state index in [4.69, 9.17) is 25.7 Å². The topological polar surface area (TPSA) is 79.7 Å². The van der Waals surface area contributed by atoms with Crippen LogP contribution >= 0.6 is 0 Å². The zero-order valence-electron chi connectivity index (χ0n) is 13.9. The summed E-state index contributed by atoms with van der Waals surface area (Å²) in [7, 11) is 0. The van der Waals surface area contributed by atoms with E-state index in [-0.39, 0.29) is 17.5 Å². The maximum Gasteiger partial charge on any atom is 0.0615 e. The van der Waals surface area contributed by atoms with Crippen LogP contribution in [0.25, 0.3) is 0 Å². The molecule has 0 aliphatic carbocycles. The summed E-state index contributed by atoms with van der Waals surface area (Å²) in [6, 6.07) is 0.0848. The Balaban J connectivity index is 4.18. The maximum absolute atomic E-state index is 5.75. The fraction of sp³-hybridized carbons (Fsp3) is 1.00. The minimum Gasteiger partial charge on any atom is -0.380 e. The van der Waals surface area contributed by atoms with Crippen molar-refractivity contribution < 1.29 is 14.2 Å². The first-order valence-electron chi connectivity index (χ1n) is 7.49. The zero-order valence-corrected chi connectivity index (χ0v) is 13.9. The lowest BCUT2D eigenvalue weighted by Crippen LogP contribution is -2.37. The molecule has 0 aliphatic heterocycles. The van der Waals surface area contributed by atoms with Gasteiger partial charge in [0.15, 0.2) is 0 Å². The average Bonchev–Trinajstić information content (AvgIpc) is 2.27. The summed E-state index contributed by atoms with van der Waals surface area (Å²) in [5.41, 5.74) is 11.2. The van der Waals surface area contributed by atoms with Crippen LogP contribution in [0.2, 0.25) is 0 Å². The maximum atomic E-state index is 5.75. The molecule has 5 nitrogen and oxygen atoms in total. The van der Waals surface area contributed by atoms with Gasteiger partial charge in [-0.1, -0.05) is 20.8 Å². The molecular formula is C15H34N2O3. The molecular weight excluding hydrogens is 256 g/mol. The van der Waals surface area contributed by atoms with Gasteiger partial charge < -0.3 is 25.7 Å². The first-order chi connectivity index (χ1) is 9.25. The molecule has 0 radical (unpaired) electrons. The Kier molecular flexibility index (Phi) is 10.4. The molecule has 0 bridgehead atoms. The van der Waals surface area contributed by atoms with Crippen LogP contribution in [0, 0.1) is 11.3 Å². The van der Waals surface area contributed by atoms with Crippen molar-refractivity contribution in [2.24, 2.45) is 22.8 Å². The van der Waals surface area contributed by atoms with Crippen LogP contribution in [0.15, 0.2) is 0 Å². The lowest BCUT2D eigenvalue weighted by atomic mass is 9.94. The molecule has 0 aromatic carbocycles. The average molecular weight is 290 g/mol. The second-order valence-corrected chi connectivity index (χ2v) is 6.70. The van der Waals surface area contributed by atoms with Gasteiger partial charge in [0.25, 0.3) is 0 Å². The van der Waals surface area contributed by atoms with E-state index in [1.807, 2.05) is 13.8 Å². The van der Waals surface area contributed by atoms with Gasteiger partial charge in [0.2, 0.25) is 0 Å². The highest BCUT2D eigenvalue weighted by Gasteiger charge is 2.26. The van der Waals surface area contributed by atoms with Crippen LogP contribution in [0.1, 0.15) is 34.6 Å². The van der Waals surface area contributed by atoms with Crippen molar-refractivity contribution in [3.05, 3.63) is 0 Å². The van der Waals surface area contributed by atoms with E-state index in [9.17, 15) is 0 Å². The lowest BCUT2D eigenvalue weighted by molar-refractivity contribution is -0.0659. The summed E-state index contributed by atoms with van der Waals surface area (Å²) >= 11 is 0. The molecule has 2 unspecified atom stereocenters. The van der Waals surface area contributed by atoms with Gasteiger partial charge in [0.05, 0.1) is 33.0 Å². The monoisotopic (exact) mass is 290 g/mol. The standard InChI is InChI=1S/C15H34N2O3/c1-12(2)6-18-9-15(5,10-19-7-13(3)16)11-20-8-14(4)17/h12-14H,6-11,16-17H2,1-5H3. The van der Waals surface area contributed by atoms with Crippen molar-refractivity contribution in [1.82, 2.24) is 0 Å². The Morgan fingerprint density at radius 2 is 1.10 bits per heavy atom. The summed E-state index contributed by atoms with van der Waals surface area (Å²) in [5, 5.41) is 0. The van der Waals surface area contributed by atoms with Crippen molar-refractivity contribution in [2.45, 2.75) is 46.7 Å². The van der Waals surface area contributed by atoms with Crippen LogP contribution in [0.4, 0.5) is 0 Å². The summed E-state index contributed by atoms with van der Waals surface area (Å²) in [4.78, 5) is 0. The Bertz CT molecular complexity index is 197. The van der Waals surface area contributed by atoms with Gasteiger partial charge in [0, 0.05) is 24.1 Å². The Morgan fingerprint density at radius 3 is 1.40 bits per heavy atom. The zero-order chi connectivity index (χ0) is 15.6. The van der Waals surface area contributed by atoms with Gasteiger partial charge in [-0.05, 0) is 19.8 Å². The number of hydrogen-bond donors (Lipinski definition) is 2. The summed E-state index contributed by atoms with van der Waals surface area (Å²) < 4.78 is 17.1. The Hall–Kier alpha value is -0.200. The highest BCUT2D eigenvalue weighted by molar-refractivity contribution is 4.74. The van der Waals surface area contributed by atoms with E-state index in [1.165, 1.54) is 0 Å². The van der Waals surface area contributed by atoms with Crippen LogP contribution in [-0.4, -0.2) is 51.7 Å². The summed E-state index contributed by atoms with van der Waals surface area (Å²) in [6.07, 6.45) is 0. The van der Waals surface area contributed by atoms with Gasteiger partial charge >= 0.3 is 0 Å². The van der Waals surface area contributed by atoms with Crippen LogP contribution in [-0.2, 0) is 14.2 Å². The first-order valence-corrected chi connectivity index (χ1v) is 7.49. The summed E-state index contributed by atoms with van der Waals surface area (Å²) in [6.45, 7) is 13.8. The molecule has 0 spiro atoms. The molecule has 5 heteroatoms. The van der Waals surface area contributed by atoms with E-state index in [1.54, 1.807) is 0 Å². The van der Waals surface area contributed by atoms with Crippen molar-refractivity contribution in [3.63, 3.8) is 0 Å². The molecule has 0 aromatic rings. The van der Waals surface area contributed by atoms with Crippen LogP contribution < -0.4 is 11.5 Å². The molecule has 0 rings (SSSR count). The quantitative estimate of drug-likeness (QED) is 0.568. The van der Waals surface area contributed by atoms with E-state index < -0.39 is 0 Å². The molecule has 0 aromatic heterocycles. The predicted molar refractivity (Wildman–Crippen MR) is 82.7 cm³/mol. The van der Waals surface area contributed by atoms with E-state index in [0.717, 1.165) is 6.61 Å². The third kappa shape index (κ3) is 11.6. The van der Waals surface area contributed by atoms with Crippen molar-refractivity contribution in [2.75, 3.05) is 39.6 Å². The third-order valence-electron chi connectivity index (χ3n) is 2.56. The highest BCUT2D eigenvalue weighted by atomic mass is 16.5. The lowest BCUT2D eigenvalue weighted by Gasteiger charge is -2.30. The summed E-state index contributed by atoms with van der Waals surface area (Å²) in [5.74, 6) is 0.522. The number of nitrogens with two attached hydrogens (primary N) is 2. The Morgan fingerprint density at radius 1 is 0.750 bits per heavy atom. The normalized spacial score (nSPS) is 18.0. The largest absolute Gasteiger partial charge is 0.380 e. The second kappa shape index (κ2) is 10.5. The van der Waals surface area contributed by atoms with E-state index in [2.05, 4.69) is 20.8 Å². The van der Waals surface area contributed by atoms with Crippen LogP contribution in [0.5, 0.6) is 0 Å². The molecule has 20 heavy (non-hydrogen) atoms. The fourth-order valence-electron chi connectivity index (χ4n) is 1.65. The van der Waals surface area contributed by atoms with Gasteiger partial charge in [-0.15, -0.1) is 0 Å². The Labute approximate surface area is 124 Å². The van der Waals surface area contributed by atoms with Crippen molar-refractivity contribution >= 4 is 0 Å².